The fourth-order valence-corrected chi connectivity index (χ4v) is 2.43. The SMILES string of the molecule is CC(C)CCC(CNCC(C)C)c1cccc(Cl)c1. The highest BCUT2D eigenvalue weighted by Crippen LogP contribution is 2.25. The van der Waals surface area contributed by atoms with Gasteiger partial charge in [0.1, 0.15) is 0 Å². The second-order valence-corrected chi connectivity index (χ2v) is 6.71. The predicted octanol–water partition coefficient (Wildman–Crippen LogP) is 5.11. The molecule has 0 aromatic heterocycles. The molecule has 1 unspecified atom stereocenters. The van der Waals surface area contributed by atoms with Crippen molar-refractivity contribution < 1.29 is 0 Å². The van der Waals surface area contributed by atoms with Crippen LogP contribution in [0.2, 0.25) is 5.02 Å². The Bertz CT molecular complexity index is 360. The van der Waals surface area contributed by atoms with E-state index in [-0.39, 0.29) is 0 Å². The third-order valence-corrected chi connectivity index (χ3v) is 3.59. The number of halogens is 1. The van der Waals surface area contributed by atoms with Gasteiger partial charge in [0.25, 0.3) is 0 Å². The monoisotopic (exact) mass is 281 g/mol. The summed E-state index contributed by atoms with van der Waals surface area (Å²) in [6.45, 7) is 11.2. The molecule has 19 heavy (non-hydrogen) atoms. The van der Waals surface area contributed by atoms with Crippen LogP contribution in [0.4, 0.5) is 0 Å². The molecular formula is C17H28ClN. The van der Waals surface area contributed by atoms with E-state index >= 15 is 0 Å². The van der Waals surface area contributed by atoms with Crippen molar-refractivity contribution >= 4 is 11.6 Å². The predicted molar refractivity (Wildman–Crippen MR) is 86.0 cm³/mol. The van der Waals surface area contributed by atoms with Crippen molar-refractivity contribution in [3.05, 3.63) is 34.9 Å². The van der Waals surface area contributed by atoms with Crippen LogP contribution in [-0.2, 0) is 0 Å². The molecular weight excluding hydrogens is 254 g/mol. The van der Waals surface area contributed by atoms with Gasteiger partial charge in [-0.25, -0.2) is 0 Å². The summed E-state index contributed by atoms with van der Waals surface area (Å²) < 4.78 is 0. The Morgan fingerprint density at radius 3 is 2.32 bits per heavy atom. The Balaban J connectivity index is 2.62. The van der Waals surface area contributed by atoms with Gasteiger partial charge in [0.15, 0.2) is 0 Å². The van der Waals surface area contributed by atoms with Gasteiger partial charge >= 0.3 is 0 Å². The molecule has 0 amide bonds. The van der Waals surface area contributed by atoms with Gasteiger partial charge in [-0.2, -0.15) is 0 Å². The van der Waals surface area contributed by atoms with Gasteiger partial charge in [0, 0.05) is 11.6 Å². The first-order chi connectivity index (χ1) is 8.99. The van der Waals surface area contributed by atoms with Gasteiger partial charge in [0.2, 0.25) is 0 Å². The fourth-order valence-electron chi connectivity index (χ4n) is 2.23. The van der Waals surface area contributed by atoms with Gasteiger partial charge in [-0.05, 0) is 48.4 Å². The minimum absolute atomic E-state index is 0.569. The van der Waals surface area contributed by atoms with E-state index in [2.05, 4.69) is 51.2 Å². The molecule has 2 heteroatoms. The van der Waals surface area contributed by atoms with Gasteiger partial charge in [0.05, 0.1) is 0 Å². The van der Waals surface area contributed by atoms with Crippen molar-refractivity contribution in [3.63, 3.8) is 0 Å². The zero-order chi connectivity index (χ0) is 14.3. The van der Waals surface area contributed by atoms with Crippen LogP contribution in [0.1, 0.15) is 52.0 Å². The highest BCUT2D eigenvalue weighted by atomic mass is 35.5. The molecule has 0 bridgehead atoms. The van der Waals surface area contributed by atoms with Gasteiger partial charge in [-0.3, -0.25) is 0 Å². The fraction of sp³-hybridized carbons (Fsp3) is 0.647. The normalized spacial score (nSPS) is 13.2. The quantitative estimate of drug-likeness (QED) is 0.698. The molecule has 0 saturated carbocycles. The molecule has 1 N–H and O–H groups in total. The number of hydrogen-bond donors (Lipinski definition) is 1. The zero-order valence-electron chi connectivity index (χ0n) is 12.7. The molecule has 0 heterocycles. The van der Waals surface area contributed by atoms with E-state index in [9.17, 15) is 0 Å². The van der Waals surface area contributed by atoms with E-state index in [1.807, 2.05) is 6.07 Å². The topological polar surface area (TPSA) is 12.0 Å². The van der Waals surface area contributed by atoms with Gasteiger partial charge in [-0.15, -0.1) is 0 Å². The Morgan fingerprint density at radius 1 is 1.00 bits per heavy atom. The standard InChI is InChI=1S/C17H28ClN/c1-13(2)8-9-16(12-19-11-14(3)4)15-6-5-7-17(18)10-15/h5-7,10,13-14,16,19H,8-9,11-12H2,1-4H3. The van der Waals surface area contributed by atoms with Gasteiger partial charge < -0.3 is 5.32 Å². The molecule has 0 saturated heterocycles. The summed E-state index contributed by atoms with van der Waals surface area (Å²) in [6.07, 6.45) is 2.49. The van der Waals surface area contributed by atoms with Crippen LogP contribution < -0.4 is 5.32 Å². The lowest BCUT2D eigenvalue weighted by Crippen LogP contribution is -2.25. The molecule has 1 aromatic rings. The number of rotatable bonds is 8. The Hall–Kier alpha value is -0.530. The van der Waals surface area contributed by atoms with E-state index in [1.54, 1.807) is 0 Å². The van der Waals surface area contributed by atoms with E-state index < -0.39 is 0 Å². The van der Waals surface area contributed by atoms with Crippen LogP contribution in [0.5, 0.6) is 0 Å². The first-order valence-electron chi connectivity index (χ1n) is 7.45. The maximum Gasteiger partial charge on any atom is 0.0408 e. The summed E-state index contributed by atoms with van der Waals surface area (Å²) in [4.78, 5) is 0. The van der Waals surface area contributed by atoms with Crippen molar-refractivity contribution in [2.45, 2.75) is 46.5 Å². The van der Waals surface area contributed by atoms with Crippen molar-refractivity contribution in [1.82, 2.24) is 5.32 Å². The van der Waals surface area contributed by atoms with Crippen LogP contribution >= 0.6 is 11.6 Å². The average molecular weight is 282 g/mol. The van der Waals surface area contributed by atoms with Crippen molar-refractivity contribution in [2.24, 2.45) is 11.8 Å². The molecule has 1 aromatic carbocycles. The van der Waals surface area contributed by atoms with Gasteiger partial charge in [-0.1, -0.05) is 57.8 Å². The van der Waals surface area contributed by atoms with Crippen molar-refractivity contribution in [2.75, 3.05) is 13.1 Å². The van der Waals surface area contributed by atoms with Crippen LogP contribution in [0.25, 0.3) is 0 Å². The summed E-state index contributed by atoms with van der Waals surface area (Å²) in [6, 6.07) is 8.33. The Kier molecular flexibility index (Phi) is 7.48. The molecule has 1 atom stereocenters. The molecule has 0 spiro atoms. The molecule has 0 aliphatic carbocycles. The molecule has 1 rings (SSSR count). The first kappa shape index (κ1) is 16.5. The number of hydrogen-bond acceptors (Lipinski definition) is 1. The second-order valence-electron chi connectivity index (χ2n) is 6.28. The Morgan fingerprint density at radius 2 is 1.74 bits per heavy atom. The number of nitrogens with one attached hydrogen (secondary N) is 1. The molecule has 0 aliphatic rings. The Labute approximate surface area is 123 Å². The van der Waals surface area contributed by atoms with E-state index in [1.165, 1.54) is 18.4 Å². The zero-order valence-corrected chi connectivity index (χ0v) is 13.5. The highest BCUT2D eigenvalue weighted by Gasteiger charge is 2.12. The molecule has 0 fully saturated rings. The summed E-state index contributed by atoms with van der Waals surface area (Å²) in [5, 5.41) is 4.43. The molecule has 108 valence electrons. The van der Waals surface area contributed by atoms with E-state index in [0.29, 0.717) is 11.8 Å². The van der Waals surface area contributed by atoms with Crippen LogP contribution in [0.15, 0.2) is 24.3 Å². The number of benzene rings is 1. The summed E-state index contributed by atoms with van der Waals surface area (Å²) in [7, 11) is 0. The maximum atomic E-state index is 6.12. The summed E-state index contributed by atoms with van der Waals surface area (Å²) in [5.41, 5.74) is 1.37. The largest absolute Gasteiger partial charge is 0.316 e. The van der Waals surface area contributed by atoms with Crippen LogP contribution in [-0.4, -0.2) is 13.1 Å². The van der Waals surface area contributed by atoms with Crippen LogP contribution in [0.3, 0.4) is 0 Å². The average Bonchev–Trinajstić information content (AvgIpc) is 2.32. The first-order valence-corrected chi connectivity index (χ1v) is 7.83. The van der Waals surface area contributed by atoms with E-state index in [0.717, 1.165) is 24.0 Å². The third kappa shape index (κ3) is 6.98. The summed E-state index contributed by atoms with van der Waals surface area (Å²) >= 11 is 6.12. The third-order valence-electron chi connectivity index (χ3n) is 3.36. The highest BCUT2D eigenvalue weighted by molar-refractivity contribution is 6.30. The summed E-state index contributed by atoms with van der Waals surface area (Å²) in [5.74, 6) is 2.02. The van der Waals surface area contributed by atoms with Crippen LogP contribution in [0, 0.1) is 11.8 Å². The minimum Gasteiger partial charge on any atom is -0.316 e. The molecule has 0 radical (unpaired) electrons. The van der Waals surface area contributed by atoms with Crippen molar-refractivity contribution in [3.8, 4) is 0 Å². The second kappa shape index (κ2) is 8.60. The smallest absolute Gasteiger partial charge is 0.0408 e. The van der Waals surface area contributed by atoms with Crippen molar-refractivity contribution in [1.29, 1.82) is 0 Å². The minimum atomic E-state index is 0.569. The molecule has 0 aliphatic heterocycles. The lowest BCUT2D eigenvalue weighted by molar-refractivity contribution is 0.459. The lowest BCUT2D eigenvalue weighted by atomic mass is 9.91. The molecule has 1 nitrogen and oxygen atoms in total. The van der Waals surface area contributed by atoms with E-state index in [4.69, 9.17) is 11.6 Å². The lowest BCUT2D eigenvalue weighted by Gasteiger charge is -2.20. The maximum absolute atomic E-state index is 6.12.